The van der Waals surface area contributed by atoms with Crippen molar-refractivity contribution in [2.75, 3.05) is 4.90 Å². The minimum Gasteiger partial charge on any atom is -0.508 e. The van der Waals surface area contributed by atoms with E-state index in [1.807, 2.05) is 12.1 Å². The molecule has 8 heteroatoms. The molecule has 30 heavy (non-hydrogen) atoms. The number of aromatic nitrogens is 2. The van der Waals surface area contributed by atoms with Gasteiger partial charge in [-0.1, -0.05) is 24.3 Å². The van der Waals surface area contributed by atoms with Crippen LogP contribution < -0.4 is 4.90 Å². The molecule has 2 aromatic heterocycles. The second-order valence-corrected chi connectivity index (χ2v) is 6.82. The van der Waals surface area contributed by atoms with Crippen LogP contribution in [-0.2, 0) is 4.79 Å². The fourth-order valence-electron chi connectivity index (χ4n) is 3.66. The van der Waals surface area contributed by atoms with Crippen LogP contribution in [0.4, 0.5) is 5.95 Å². The number of hydrogen-bond donors (Lipinski definition) is 3. The molecule has 0 spiro atoms. The minimum absolute atomic E-state index is 0.0130. The number of aliphatic hydroxyl groups is 1. The number of rotatable bonds is 4. The molecule has 1 amide bonds. The Balaban J connectivity index is 1.70. The van der Waals surface area contributed by atoms with Crippen LogP contribution in [0.15, 0.2) is 82.7 Å². The van der Waals surface area contributed by atoms with Crippen LogP contribution in [0.5, 0.6) is 5.75 Å². The van der Waals surface area contributed by atoms with Crippen LogP contribution in [0.25, 0.3) is 11.0 Å². The van der Waals surface area contributed by atoms with Gasteiger partial charge in [0.2, 0.25) is 11.7 Å². The molecule has 5 rings (SSSR count). The third-order valence-electron chi connectivity index (χ3n) is 4.99. The predicted octanol–water partition coefficient (Wildman–Crippen LogP) is 3.64. The smallest absolute Gasteiger partial charge is 0.296 e. The summed E-state index contributed by atoms with van der Waals surface area (Å²) in [5.41, 5.74) is 1.60. The van der Waals surface area contributed by atoms with E-state index in [4.69, 9.17) is 4.42 Å². The molecule has 0 saturated carbocycles. The zero-order valence-electron chi connectivity index (χ0n) is 15.4. The number of nitrogens with zero attached hydrogens (tertiary/aromatic N) is 2. The quantitative estimate of drug-likeness (QED) is 0.449. The van der Waals surface area contributed by atoms with Crippen LogP contribution in [0, 0.1) is 0 Å². The second kappa shape index (κ2) is 6.63. The Bertz CT molecular complexity index is 1290. The molecule has 2 aromatic carbocycles. The second-order valence-electron chi connectivity index (χ2n) is 6.82. The number of phenols is 1. The summed E-state index contributed by atoms with van der Waals surface area (Å²) in [7, 11) is 0. The Morgan fingerprint density at radius 1 is 1.07 bits per heavy atom. The van der Waals surface area contributed by atoms with Gasteiger partial charge in [0.05, 0.1) is 28.9 Å². The molecule has 0 saturated heterocycles. The molecular weight excluding hydrogens is 386 g/mol. The number of Topliss-reactive ketones (excluding diaryl/α,β-unsaturated/α-hetero) is 1. The maximum Gasteiger partial charge on any atom is 0.296 e. The highest BCUT2D eigenvalue weighted by Crippen LogP contribution is 2.42. The summed E-state index contributed by atoms with van der Waals surface area (Å²) in [5.74, 6) is -1.98. The van der Waals surface area contributed by atoms with Gasteiger partial charge in [0, 0.05) is 0 Å². The molecule has 1 aliphatic heterocycles. The van der Waals surface area contributed by atoms with Crippen molar-refractivity contribution in [3.8, 4) is 5.75 Å². The summed E-state index contributed by atoms with van der Waals surface area (Å²) < 4.78 is 5.19. The van der Waals surface area contributed by atoms with E-state index in [1.165, 1.54) is 29.4 Å². The number of aromatic hydroxyl groups is 1. The summed E-state index contributed by atoms with van der Waals surface area (Å²) in [6.45, 7) is 0. The zero-order valence-corrected chi connectivity index (χ0v) is 15.4. The highest BCUT2D eigenvalue weighted by molar-refractivity contribution is 6.20. The van der Waals surface area contributed by atoms with Crippen molar-refractivity contribution in [3.63, 3.8) is 0 Å². The van der Waals surface area contributed by atoms with Gasteiger partial charge in [0.1, 0.15) is 5.75 Å². The number of anilines is 1. The van der Waals surface area contributed by atoms with Gasteiger partial charge in [-0.15, -0.1) is 0 Å². The number of benzene rings is 2. The molecule has 4 aromatic rings. The fraction of sp³-hybridized carbons (Fsp3) is 0.0455. The number of H-pyrrole nitrogens is 1. The number of fused-ring (bicyclic) bond motifs is 1. The lowest BCUT2D eigenvalue weighted by molar-refractivity contribution is -0.117. The molecule has 0 bridgehead atoms. The van der Waals surface area contributed by atoms with Crippen LogP contribution in [0.1, 0.15) is 22.2 Å². The first-order chi connectivity index (χ1) is 14.5. The lowest BCUT2D eigenvalue weighted by atomic mass is 9.95. The molecule has 0 aliphatic carbocycles. The monoisotopic (exact) mass is 401 g/mol. The topological polar surface area (TPSA) is 120 Å². The van der Waals surface area contributed by atoms with E-state index in [0.717, 1.165) is 0 Å². The van der Waals surface area contributed by atoms with Gasteiger partial charge in [-0.25, -0.2) is 4.98 Å². The van der Waals surface area contributed by atoms with Gasteiger partial charge in [-0.2, -0.15) is 0 Å². The molecule has 3 heterocycles. The van der Waals surface area contributed by atoms with Gasteiger partial charge in [0.25, 0.3) is 5.91 Å². The van der Waals surface area contributed by atoms with E-state index in [9.17, 15) is 19.8 Å². The van der Waals surface area contributed by atoms with E-state index in [0.29, 0.717) is 16.6 Å². The normalized spacial score (nSPS) is 16.6. The van der Waals surface area contributed by atoms with Crippen molar-refractivity contribution in [1.29, 1.82) is 0 Å². The van der Waals surface area contributed by atoms with Crippen molar-refractivity contribution in [3.05, 3.63) is 89.6 Å². The van der Waals surface area contributed by atoms with E-state index in [-0.39, 0.29) is 23.0 Å². The third kappa shape index (κ3) is 2.66. The van der Waals surface area contributed by atoms with Crippen molar-refractivity contribution < 1.29 is 24.2 Å². The van der Waals surface area contributed by atoms with Gasteiger partial charge >= 0.3 is 0 Å². The Morgan fingerprint density at radius 2 is 1.90 bits per heavy atom. The largest absolute Gasteiger partial charge is 0.508 e. The van der Waals surface area contributed by atoms with Gasteiger partial charge in [0.15, 0.2) is 11.5 Å². The Morgan fingerprint density at radius 3 is 2.63 bits per heavy atom. The number of aliphatic hydroxyl groups excluding tert-OH is 1. The van der Waals surface area contributed by atoms with Gasteiger partial charge < -0.3 is 19.6 Å². The number of ketones is 1. The van der Waals surface area contributed by atoms with Crippen molar-refractivity contribution >= 4 is 28.7 Å². The van der Waals surface area contributed by atoms with Crippen LogP contribution in [-0.4, -0.2) is 31.9 Å². The predicted molar refractivity (Wildman–Crippen MR) is 107 cm³/mol. The number of phenolic OH excluding ortho intramolecular Hbond substituents is 1. The molecular formula is C22H15N3O5. The standard InChI is InChI=1S/C22H15N3O5/c26-13-6-3-5-12(11-13)18-17(19(27)16-9-4-10-30-16)20(28)21(29)25(18)22-23-14-7-1-2-8-15(14)24-22/h1-11,18,26,28H,(H,23,24). The lowest BCUT2D eigenvalue weighted by Gasteiger charge is -2.24. The number of carbonyl (C=O) groups is 2. The summed E-state index contributed by atoms with van der Waals surface area (Å²) in [4.78, 5) is 34.9. The molecule has 8 nitrogen and oxygen atoms in total. The maximum absolute atomic E-state index is 13.1. The number of aromatic amines is 1. The van der Waals surface area contributed by atoms with E-state index in [1.54, 1.807) is 30.3 Å². The van der Waals surface area contributed by atoms with Gasteiger partial charge in [-0.3, -0.25) is 14.5 Å². The molecule has 0 radical (unpaired) electrons. The molecule has 0 fully saturated rings. The number of furan rings is 1. The summed E-state index contributed by atoms with van der Waals surface area (Å²) in [6.07, 6.45) is 1.34. The van der Waals surface area contributed by atoms with Gasteiger partial charge in [-0.05, 0) is 42.0 Å². The molecule has 3 N–H and O–H groups in total. The molecule has 1 unspecified atom stereocenters. The Kier molecular flexibility index (Phi) is 3.92. The first-order valence-electron chi connectivity index (χ1n) is 9.13. The highest BCUT2D eigenvalue weighted by Gasteiger charge is 2.46. The molecule has 1 atom stereocenters. The first-order valence-corrected chi connectivity index (χ1v) is 9.13. The van der Waals surface area contributed by atoms with E-state index < -0.39 is 23.5 Å². The highest BCUT2D eigenvalue weighted by atomic mass is 16.3. The number of carbonyl (C=O) groups excluding carboxylic acids is 2. The Hall–Kier alpha value is -4.33. The minimum atomic E-state index is -1.01. The Labute approximate surface area is 169 Å². The zero-order chi connectivity index (χ0) is 20.8. The maximum atomic E-state index is 13.1. The number of imidazole rings is 1. The number of amides is 1. The van der Waals surface area contributed by atoms with Crippen molar-refractivity contribution in [2.24, 2.45) is 0 Å². The molecule has 1 aliphatic rings. The van der Waals surface area contributed by atoms with Crippen LogP contribution >= 0.6 is 0 Å². The average molecular weight is 401 g/mol. The van der Waals surface area contributed by atoms with Crippen LogP contribution in [0.3, 0.4) is 0 Å². The summed E-state index contributed by atoms with van der Waals surface area (Å²) >= 11 is 0. The summed E-state index contributed by atoms with van der Waals surface area (Å²) in [5, 5.41) is 20.6. The molecule has 148 valence electrons. The fourth-order valence-corrected chi connectivity index (χ4v) is 3.66. The first kappa shape index (κ1) is 17.7. The third-order valence-corrected chi connectivity index (χ3v) is 4.99. The van der Waals surface area contributed by atoms with Crippen LogP contribution in [0.2, 0.25) is 0 Å². The average Bonchev–Trinajstić information content (AvgIpc) is 3.46. The SMILES string of the molecule is O=C(C1=C(O)C(=O)N(c2nc3ccccc3[nH]2)C1c1cccc(O)c1)c1ccco1. The summed E-state index contributed by atoms with van der Waals surface area (Å²) in [6, 6.07) is 15.4. The van der Waals surface area contributed by atoms with Crippen molar-refractivity contribution in [1.82, 2.24) is 9.97 Å². The van der Waals surface area contributed by atoms with Crippen molar-refractivity contribution in [2.45, 2.75) is 6.04 Å². The lowest BCUT2D eigenvalue weighted by Crippen LogP contribution is -2.32. The van der Waals surface area contributed by atoms with E-state index in [2.05, 4.69) is 9.97 Å². The number of para-hydroxylation sites is 2. The number of nitrogens with one attached hydrogen (secondary N) is 1. The van der Waals surface area contributed by atoms with E-state index >= 15 is 0 Å². The number of hydrogen-bond acceptors (Lipinski definition) is 6.